The summed E-state index contributed by atoms with van der Waals surface area (Å²) in [4.78, 5) is 11.1. The van der Waals surface area contributed by atoms with Crippen LogP contribution < -0.4 is 5.32 Å². The molecule has 5 heteroatoms. The molecule has 0 radical (unpaired) electrons. The standard InChI is InChI=1S/C10H15NO3S/c1-10(2,14)6-11-5-7-3-4-15-8(7)9(12)13/h3-4,11,14H,5-6H2,1-2H3,(H,12,13). The van der Waals surface area contributed by atoms with Gasteiger partial charge in [-0.15, -0.1) is 11.3 Å². The second-order valence-electron chi connectivity index (χ2n) is 4.00. The minimum absolute atomic E-state index is 0.359. The zero-order valence-electron chi connectivity index (χ0n) is 8.78. The van der Waals surface area contributed by atoms with Gasteiger partial charge in [-0.2, -0.15) is 0 Å². The molecule has 1 aromatic rings. The van der Waals surface area contributed by atoms with Gasteiger partial charge in [0.2, 0.25) is 0 Å². The highest BCUT2D eigenvalue weighted by atomic mass is 32.1. The van der Waals surface area contributed by atoms with E-state index in [0.29, 0.717) is 18.0 Å². The van der Waals surface area contributed by atoms with Gasteiger partial charge in [-0.3, -0.25) is 0 Å². The van der Waals surface area contributed by atoms with Crippen molar-refractivity contribution in [3.05, 3.63) is 21.9 Å². The monoisotopic (exact) mass is 229 g/mol. The fourth-order valence-electron chi connectivity index (χ4n) is 1.17. The maximum Gasteiger partial charge on any atom is 0.346 e. The smallest absolute Gasteiger partial charge is 0.346 e. The first-order valence-electron chi connectivity index (χ1n) is 4.63. The molecule has 0 saturated carbocycles. The van der Waals surface area contributed by atoms with Crippen molar-refractivity contribution in [3.8, 4) is 0 Å². The van der Waals surface area contributed by atoms with Crippen LogP contribution in [0, 0.1) is 0 Å². The molecule has 1 heterocycles. The molecule has 1 aromatic heterocycles. The third-order valence-electron chi connectivity index (χ3n) is 1.81. The van der Waals surface area contributed by atoms with Crippen LogP contribution in [-0.4, -0.2) is 28.3 Å². The van der Waals surface area contributed by atoms with E-state index in [9.17, 15) is 9.90 Å². The second kappa shape index (κ2) is 4.74. The van der Waals surface area contributed by atoms with Gasteiger partial charge in [0.25, 0.3) is 0 Å². The molecule has 0 amide bonds. The molecule has 0 unspecified atom stereocenters. The SMILES string of the molecule is CC(C)(O)CNCc1ccsc1C(=O)O. The number of carboxylic acid groups (broad SMARTS) is 1. The normalized spacial score (nSPS) is 11.7. The van der Waals surface area contributed by atoms with Crippen molar-refractivity contribution in [2.45, 2.75) is 26.0 Å². The minimum atomic E-state index is -0.898. The van der Waals surface area contributed by atoms with E-state index in [1.165, 1.54) is 11.3 Å². The lowest BCUT2D eigenvalue weighted by Gasteiger charge is -2.17. The molecule has 0 aromatic carbocycles. The number of carboxylic acids is 1. The summed E-state index contributed by atoms with van der Waals surface area (Å²) >= 11 is 1.21. The van der Waals surface area contributed by atoms with Gasteiger partial charge in [0.1, 0.15) is 4.88 Å². The van der Waals surface area contributed by atoms with Crippen LogP contribution in [0.1, 0.15) is 29.1 Å². The first-order chi connectivity index (χ1) is 6.90. The predicted molar refractivity (Wildman–Crippen MR) is 59.3 cm³/mol. The summed E-state index contributed by atoms with van der Waals surface area (Å²) in [7, 11) is 0. The lowest BCUT2D eigenvalue weighted by Crippen LogP contribution is -2.34. The molecule has 84 valence electrons. The molecule has 0 atom stereocenters. The van der Waals surface area contributed by atoms with Crippen LogP contribution in [0.3, 0.4) is 0 Å². The molecule has 1 rings (SSSR count). The van der Waals surface area contributed by atoms with E-state index in [1.807, 2.05) is 0 Å². The van der Waals surface area contributed by atoms with Crippen LogP contribution in [0.15, 0.2) is 11.4 Å². The molecule has 3 N–H and O–H groups in total. The summed E-state index contributed by atoms with van der Waals surface area (Å²) in [6.07, 6.45) is 0. The largest absolute Gasteiger partial charge is 0.477 e. The summed E-state index contributed by atoms with van der Waals surface area (Å²) in [5.41, 5.74) is -0.0175. The predicted octanol–water partition coefficient (Wildman–Crippen LogP) is 1.31. The average Bonchev–Trinajstić information content (AvgIpc) is 2.49. The Hall–Kier alpha value is -0.910. The number of nitrogens with one attached hydrogen (secondary N) is 1. The number of aromatic carboxylic acids is 1. The van der Waals surface area contributed by atoms with Crippen LogP contribution in [0.2, 0.25) is 0 Å². The van der Waals surface area contributed by atoms with E-state index >= 15 is 0 Å². The van der Waals surface area contributed by atoms with Crippen molar-refractivity contribution in [1.29, 1.82) is 0 Å². The maximum absolute atomic E-state index is 10.8. The molecule has 0 spiro atoms. The zero-order valence-corrected chi connectivity index (χ0v) is 9.60. The van der Waals surface area contributed by atoms with Gasteiger partial charge in [-0.05, 0) is 30.9 Å². The van der Waals surface area contributed by atoms with Crippen LogP contribution >= 0.6 is 11.3 Å². The first kappa shape index (κ1) is 12.2. The van der Waals surface area contributed by atoms with Crippen molar-refractivity contribution in [3.63, 3.8) is 0 Å². The molecular weight excluding hydrogens is 214 g/mol. The third kappa shape index (κ3) is 3.99. The van der Waals surface area contributed by atoms with Crippen molar-refractivity contribution >= 4 is 17.3 Å². The summed E-state index contributed by atoms with van der Waals surface area (Å²) in [5, 5.41) is 23.1. The molecular formula is C10H15NO3S. The number of thiophene rings is 1. The van der Waals surface area contributed by atoms with Crippen molar-refractivity contribution in [2.75, 3.05) is 6.54 Å². The molecule has 0 aliphatic carbocycles. The van der Waals surface area contributed by atoms with Crippen LogP contribution in [0.25, 0.3) is 0 Å². The third-order valence-corrected chi connectivity index (χ3v) is 2.76. The van der Waals surface area contributed by atoms with Crippen LogP contribution in [0.4, 0.5) is 0 Å². The Morgan fingerprint density at radius 1 is 1.60 bits per heavy atom. The molecule has 0 aliphatic heterocycles. The summed E-state index contributed by atoms with van der Waals surface area (Å²) in [5.74, 6) is -0.898. The van der Waals surface area contributed by atoms with Crippen molar-refractivity contribution in [1.82, 2.24) is 5.32 Å². The Morgan fingerprint density at radius 2 is 2.27 bits per heavy atom. The first-order valence-corrected chi connectivity index (χ1v) is 5.51. The van der Waals surface area contributed by atoms with Gasteiger partial charge in [0.05, 0.1) is 5.60 Å². The Kier molecular flexibility index (Phi) is 3.84. The van der Waals surface area contributed by atoms with Gasteiger partial charge in [-0.25, -0.2) is 4.79 Å². The summed E-state index contributed by atoms with van der Waals surface area (Å²) in [6, 6.07) is 1.78. The van der Waals surface area contributed by atoms with Crippen molar-refractivity contribution < 1.29 is 15.0 Å². The summed E-state index contributed by atoms with van der Waals surface area (Å²) in [6.45, 7) is 4.30. The Balaban J connectivity index is 2.51. The van der Waals surface area contributed by atoms with Crippen LogP contribution in [-0.2, 0) is 6.54 Å². The molecule has 0 bridgehead atoms. The number of hydrogen-bond donors (Lipinski definition) is 3. The van der Waals surface area contributed by atoms with Gasteiger partial charge < -0.3 is 15.5 Å². The molecule has 0 fully saturated rings. The summed E-state index contributed by atoms with van der Waals surface area (Å²) < 4.78 is 0. The van der Waals surface area contributed by atoms with E-state index in [-0.39, 0.29) is 0 Å². The topological polar surface area (TPSA) is 69.6 Å². The van der Waals surface area contributed by atoms with Gasteiger partial charge in [-0.1, -0.05) is 0 Å². The van der Waals surface area contributed by atoms with E-state index in [2.05, 4.69) is 5.32 Å². The highest BCUT2D eigenvalue weighted by molar-refractivity contribution is 7.12. The fraction of sp³-hybridized carbons (Fsp3) is 0.500. The minimum Gasteiger partial charge on any atom is -0.477 e. The molecule has 4 nitrogen and oxygen atoms in total. The number of rotatable bonds is 5. The Bertz CT molecular complexity index is 341. The van der Waals surface area contributed by atoms with Crippen molar-refractivity contribution in [2.24, 2.45) is 0 Å². The van der Waals surface area contributed by atoms with E-state index < -0.39 is 11.6 Å². The lowest BCUT2D eigenvalue weighted by atomic mass is 10.1. The Morgan fingerprint density at radius 3 is 2.80 bits per heavy atom. The highest BCUT2D eigenvalue weighted by Gasteiger charge is 2.14. The number of carbonyl (C=O) groups is 1. The van der Waals surface area contributed by atoms with E-state index in [1.54, 1.807) is 25.3 Å². The molecule has 0 saturated heterocycles. The highest BCUT2D eigenvalue weighted by Crippen LogP contribution is 2.16. The quantitative estimate of drug-likeness (QED) is 0.712. The van der Waals surface area contributed by atoms with Gasteiger partial charge in [0.15, 0.2) is 0 Å². The zero-order chi connectivity index (χ0) is 11.5. The van der Waals surface area contributed by atoms with Gasteiger partial charge in [0, 0.05) is 13.1 Å². The van der Waals surface area contributed by atoms with Crippen LogP contribution in [0.5, 0.6) is 0 Å². The lowest BCUT2D eigenvalue weighted by molar-refractivity contribution is 0.0701. The number of hydrogen-bond acceptors (Lipinski definition) is 4. The average molecular weight is 229 g/mol. The Labute approximate surface area is 92.6 Å². The fourth-order valence-corrected chi connectivity index (χ4v) is 1.93. The molecule has 15 heavy (non-hydrogen) atoms. The van der Waals surface area contributed by atoms with E-state index in [0.717, 1.165) is 5.56 Å². The maximum atomic E-state index is 10.8. The number of aliphatic hydroxyl groups is 1. The second-order valence-corrected chi connectivity index (χ2v) is 4.91. The molecule has 0 aliphatic rings. The van der Waals surface area contributed by atoms with Gasteiger partial charge >= 0.3 is 5.97 Å². The van der Waals surface area contributed by atoms with E-state index in [4.69, 9.17) is 5.11 Å².